The van der Waals surface area contributed by atoms with E-state index in [1.165, 1.54) is 6.07 Å². The van der Waals surface area contributed by atoms with Crippen LogP contribution >= 0.6 is 0 Å². The molecule has 1 aromatic rings. The smallest absolute Gasteiger partial charge is 0.255 e. The molecule has 0 aliphatic rings. The van der Waals surface area contributed by atoms with E-state index in [0.717, 1.165) is 6.20 Å². The second-order valence-corrected chi connectivity index (χ2v) is 4.06. The molecule has 0 aliphatic heterocycles. The molecule has 0 fully saturated rings. The minimum absolute atomic E-state index is 0.0851. The Bertz CT molecular complexity index is 426. The number of amides is 1. The van der Waals surface area contributed by atoms with Crippen molar-refractivity contribution in [2.75, 3.05) is 25.0 Å². The number of anilines is 1. The minimum Gasteiger partial charge on any atom is -0.377 e. The molecule has 1 rings (SSSR count). The second-order valence-electron chi connectivity index (χ2n) is 4.06. The summed E-state index contributed by atoms with van der Waals surface area (Å²) in [5.41, 5.74) is 0.200. The third kappa shape index (κ3) is 4.82. The molecule has 0 radical (unpaired) electrons. The van der Waals surface area contributed by atoms with E-state index in [4.69, 9.17) is 4.74 Å². The molecule has 0 aromatic carbocycles. The van der Waals surface area contributed by atoms with Gasteiger partial charge in [-0.25, -0.2) is 9.37 Å². The Morgan fingerprint density at radius 2 is 2.26 bits per heavy atom. The van der Waals surface area contributed by atoms with E-state index >= 15 is 0 Å². The summed E-state index contributed by atoms with van der Waals surface area (Å²) in [7, 11) is 0. The van der Waals surface area contributed by atoms with Crippen LogP contribution in [0.1, 0.15) is 31.1 Å². The lowest BCUT2D eigenvalue weighted by Crippen LogP contribution is -2.32. The Labute approximate surface area is 112 Å². The predicted molar refractivity (Wildman–Crippen MR) is 71.8 cm³/mol. The standard InChI is InChI=1S/C13H20FN3O2/c1-4-15-12-11(6-10(14)8-16-12)13(18)17-7-9(3)19-5-2/h6,8-9H,4-5,7H2,1-3H3,(H,15,16)(H,17,18). The number of halogens is 1. The van der Waals surface area contributed by atoms with Crippen molar-refractivity contribution >= 4 is 11.7 Å². The van der Waals surface area contributed by atoms with Gasteiger partial charge in [-0.2, -0.15) is 0 Å². The molecule has 0 saturated heterocycles. The van der Waals surface area contributed by atoms with E-state index in [2.05, 4.69) is 15.6 Å². The molecule has 1 aromatic heterocycles. The number of pyridine rings is 1. The largest absolute Gasteiger partial charge is 0.377 e. The molecule has 106 valence electrons. The van der Waals surface area contributed by atoms with Crippen molar-refractivity contribution in [1.29, 1.82) is 0 Å². The van der Waals surface area contributed by atoms with Crippen LogP contribution in [0, 0.1) is 5.82 Å². The van der Waals surface area contributed by atoms with Gasteiger partial charge in [0.25, 0.3) is 5.91 Å². The van der Waals surface area contributed by atoms with Gasteiger partial charge in [0.2, 0.25) is 0 Å². The molecule has 0 spiro atoms. The quantitative estimate of drug-likeness (QED) is 0.792. The summed E-state index contributed by atoms with van der Waals surface area (Å²) in [6.45, 7) is 7.19. The van der Waals surface area contributed by atoms with Crippen molar-refractivity contribution < 1.29 is 13.9 Å². The molecule has 19 heavy (non-hydrogen) atoms. The first kappa shape index (κ1) is 15.4. The van der Waals surface area contributed by atoms with Gasteiger partial charge in [-0.05, 0) is 26.8 Å². The van der Waals surface area contributed by atoms with Crippen LogP contribution in [0.5, 0.6) is 0 Å². The third-order valence-corrected chi connectivity index (χ3v) is 2.44. The molecule has 2 N–H and O–H groups in total. The summed E-state index contributed by atoms with van der Waals surface area (Å²) in [6.07, 6.45) is 0.996. The van der Waals surface area contributed by atoms with Crippen molar-refractivity contribution in [2.45, 2.75) is 26.9 Å². The number of aromatic nitrogens is 1. The SMILES string of the molecule is CCNc1ncc(F)cc1C(=O)NCC(C)OCC. The maximum atomic E-state index is 13.2. The Morgan fingerprint density at radius 1 is 1.53 bits per heavy atom. The lowest BCUT2D eigenvalue weighted by molar-refractivity contribution is 0.0695. The van der Waals surface area contributed by atoms with Gasteiger partial charge in [0.15, 0.2) is 0 Å². The van der Waals surface area contributed by atoms with Gasteiger partial charge in [-0.15, -0.1) is 0 Å². The molecular weight excluding hydrogens is 249 g/mol. The van der Waals surface area contributed by atoms with E-state index in [1.807, 2.05) is 20.8 Å². The Morgan fingerprint density at radius 3 is 2.89 bits per heavy atom. The topological polar surface area (TPSA) is 63.2 Å². The van der Waals surface area contributed by atoms with Gasteiger partial charge in [0.1, 0.15) is 11.6 Å². The summed E-state index contributed by atoms with van der Waals surface area (Å²) in [6, 6.07) is 1.17. The van der Waals surface area contributed by atoms with Crippen molar-refractivity contribution in [3.05, 3.63) is 23.6 Å². The first-order valence-electron chi connectivity index (χ1n) is 6.37. The zero-order valence-electron chi connectivity index (χ0n) is 11.5. The molecule has 0 aliphatic carbocycles. The molecule has 1 amide bonds. The zero-order valence-corrected chi connectivity index (χ0v) is 11.5. The number of hydrogen-bond acceptors (Lipinski definition) is 4. The molecular formula is C13H20FN3O2. The van der Waals surface area contributed by atoms with E-state index in [-0.39, 0.29) is 17.6 Å². The van der Waals surface area contributed by atoms with Crippen LogP contribution in [0.25, 0.3) is 0 Å². The number of hydrogen-bond donors (Lipinski definition) is 2. The normalized spacial score (nSPS) is 12.0. The van der Waals surface area contributed by atoms with E-state index in [1.54, 1.807) is 0 Å². The fraction of sp³-hybridized carbons (Fsp3) is 0.538. The lowest BCUT2D eigenvalue weighted by Gasteiger charge is -2.14. The Balaban J connectivity index is 2.72. The number of nitrogens with one attached hydrogen (secondary N) is 2. The fourth-order valence-corrected chi connectivity index (χ4v) is 1.60. The summed E-state index contributed by atoms with van der Waals surface area (Å²) in [4.78, 5) is 15.9. The highest BCUT2D eigenvalue weighted by molar-refractivity contribution is 5.98. The highest BCUT2D eigenvalue weighted by Gasteiger charge is 2.14. The number of carbonyl (C=O) groups is 1. The highest BCUT2D eigenvalue weighted by atomic mass is 19.1. The van der Waals surface area contributed by atoms with Crippen LogP contribution in [-0.4, -0.2) is 36.7 Å². The van der Waals surface area contributed by atoms with Crippen LogP contribution in [0.2, 0.25) is 0 Å². The van der Waals surface area contributed by atoms with Gasteiger partial charge < -0.3 is 15.4 Å². The Hall–Kier alpha value is -1.69. The number of rotatable bonds is 7. The average molecular weight is 269 g/mol. The van der Waals surface area contributed by atoms with E-state index in [0.29, 0.717) is 25.5 Å². The number of ether oxygens (including phenoxy) is 1. The fourth-order valence-electron chi connectivity index (χ4n) is 1.60. The number of nitrogens with zero attached hydrogens (tertiary/aromatic N) is 1. The summed E-state index contributed by atoms with van der Waals surface area (Å²) in [5, 5.41) is 5.63. The molecule has 1 atom stereocenters. The van der Waals surface area contributed by atoms with Crippen molar-refractivity contribution in [3.8, 4) is 0 Å². The van der Waals surface area contributed by atoms with Crippen LogP contribution < -0.4 is 10.6 Å². The lowest BCUT2D eigenvalue weighted by atomic mass is 10.2. The first-order chi connectivity index (χ1) is 9.08. The molecule has 5 nitrogen and oxygen atoms in total. The van der Waals surface area contributed by atoms with Gasteiger partial charge in [-0.3, -0.25) is 4.79 Å². The van der Waals surface area contributed by atoms with Crippen LogP contribution in [0.15, 0.2) is 12.3 Å². The third-order valence-electron chi connectivity index (χ3n) is 2.44. The maximum Gasteiger partial charge on any atom is 0.255 e. The van der Waals surface area contributed by atoms with Crippen molar-refractivity contribution in [2.24, 2.45) is 0 Å². The van der Waals surface area contributed by atoms with Crippen molar-refractivity contribution in [1.82, 2.24) is 10.3 Å². The Kier molecular flexibility index (Phi) is 6.21. The summed E-state index contributed by atoms with van der Waals surface area (Å²) < 4.78 is 18.5. The van der Waals surface area contributed by atoms with Crippen LogP contribution in [0.4, 0.5) is 10.2 Å². The zero-order chi connectivity index (χ0) is 14.3. The van der Waals surface area contributed by atoms with E-state index in [9.17, 15) is 9.18 Å². The first-order valence-corrected chi connectivity index (χ1v) is 6.37. The highest BCUT2D eigenvalue weighted by Crippen LogP contribution is 2.13. The minimum atomic E-state index is -0.537. The van der Waals surface area contributed by atoms with Gasteiger partial charge in [0, 0.05) is 19.7 Å². The van der Waals surface area contributed by atoms with Gasteiger partial charge >= 0.3 is 0 Å². The van der Waals surface area contributed by atoms with Gasteiger partial charge in [0.05, 0.1) is 17.9 Å². The molecule has 0 saturated carbocycles. The van der Waals surface area contributed by atoms with Crippen LogP contribution in [-0.2, 0) is 4.74 Å². The maximum absolute atomic E-state index is 13.2. The van der Waals surface area contributed by atoms with E-state index < -0.39 is 5.82 Å². The second kappa shape index (κ2) is 7.68. The molecule has 1 unspecified atom stereocenters. The molecule has 6 heteroatoms. The summed E-state index contributed by atoms with van der Waals surface area (Å²) in [5.74, 6) is -0.523. The molecule has 0 bridgehead atoms. The van der Waals surface area contributed by atoms with Crippen molar-refractivity contribution in [3.63, 3.8) is 0 Å². The molecule has 1 heterocycles. The van der Waals surface area contributed by atoms with Gasteiger partial charge in [-0.1, -0.05) is 0 Å². The monoisotopic (exact) mass is 269 g/mol. The average Bonchev–Trinajstić information content (AvgIpc) is 2.38. The van der Waals surface area contributed by atoms with Crippen LogP contribution in [0.3, 0.4) is 0 Å². The number of carbonyl (C=O) groups excluding carboxylic acids is 1. The summed E-state index contributed by atoms with van der Waals surface area (Å²) >= 11 is 0. The predicted octanol–water partition coefficient (Wildman–Crippen LogP) is 1.81.